The number of aryl methyl sites for hydroxylation is 1. The van der Waals surface area contributed by atoms with Crippen molar-refractivity contribution in [1.29, 1.82) is 0 Å². The van der Waals surface area contributed by atoms with E-state index in [1.165, 1.54) is 0 Å². The third-order valence-electron chi connectivity index (χ3n) is 4.40. The Kier molecular flexibility index (Phi) is 5.02. The second-order valence-corrected chi connectivity index (χ2v) is 6.26. The van der Waals surface area contributed by atoms with Crippen molar-refractivity contribution in [2.75, 3.05) is 24.1 Å². The number of amides is 1. The number of benzene rings is 1. The lowest BCUT2D eigenvalue weighted by molar-refractivity contribution is 0.104. The highest BCUT2D eigenvalue weighted by atomic mass is 16.6. The first-order valence-corrected chi connectivity index (χ1v) is 8.36. The zero-order valence-corrected chi connectivity index (χ0v) is 14.5. The van der Waals surface area contributed by atoms with E-state index in [-0.39, 0.29) is 24.7 Å². The molecule has 132 valence electrons. The Hall–Kier alpha value is -2.83. The van der Waals surface area contributed by atoms with Crippen molar-refractivity contribution in [3.05, 3.63) is 47.2 Å². The van der Waals surface area contributed by atoms with E-state index in [9.17, 15) is 4.79 Å². The van der Waals surface area contributed by atoms with Crippen molar-refractivity contribution in [2.24, 2.45) is 0 Å². The molecule has 1 aromatic heterocycles. The molecule has 2 heterocycles. The van der Waals surface area contributed by atoms with Gasteiger partial charge in [-0.1, -0.05) is 30.3 Å². The summed E-state index contributed by atoms with van der Waals surface area (Å²) in [6.45, 7) is 5.38. The Morgan fingerprint density at radius 1 is 1.32 bits per heavy atom. The molecule has 7 nitrogen and oxygen atoms in total. The molecule has 7 heteroatoms. The van der Waals surface area contributed by atoms with Crippen LogP contribution in [0.25, 0.3) is 0 Å². The molecule has 1 aromatic carbocycles. The van der Waals surface area contributed by atoms with E-state index in [0.29, 0.717) is 13.1 Å². The van der Waals surface area contributed by atoms with Gasteiger partial charge in [-0.25, -0.2) is 9.78 Å². The quantitative estimate of drug-likeness (QED) is 0.887. The van der Waals surface area contributed by atoms with E-state index in [1.54, 1.807) is 4.90 Å². The molecule has 1 aliphatic heterocycles. The van der Waals surface area contributed by atoms with Crippen LogP contribution in [0.2, 0.25) is 0 Å². The standard InChI is InChI=1S/C18H23N5O2/c1-12-13(2)20-17(19)22-16(12)21-15-8-9-23(10-15)18(24)25-11-14-6-4-3-5-7-14/h3-7,15H,8-11H2,1-2H3,(H3,19,20,21,22). The molecule has 1 unspecified atom stereocenters. The molecule has 0 bridgehead atoms. The summed E-state index contributed by atoms with van der Waals surface area (Å²) in [6, 6.07) is 9.79. The van der Waals surface area contributed by atoms with Gasteiger partial charge in [0.25, 0.3) is 0 Å². The number of carbonyl (C=O) groups excluding carboxylic acids is 1. The van der Waals surface area contributed by atoms with Crippen molar-refractivity contribution in [3.8, 4) is 0 Å². The maximum atomic E-state index is 12.2. The number of likely N-dealkylation sites (tertiary alicyclic amines) is 1. The van der Waals surface area contributed by atoms with Gasteiger partial charge in [-0.15, -0.1) is 0 Å². The van der Waals surface area contributed by atoms with E-state index in [1.807, 2.05) is 44.2 Å². The van der Waals surface area contributed by atoms with Crippen LogP contribution in [-0.2, 0) is 11.3 Å². The summed E-state index contributed by atoms with van der Waals surface area (Å²) in [5, 5.41) is 3.37. The molecular formula is C18H23N5O2. The van der Waals surface area contributed by atoms with Crippen molar-refractivity contribution in [3.63, 3.8) is 0 Å². The molecule has 1 atom stereocenters. The Bertz CT molecular complexity index is 751. The van der Waals surface area contributed by atoms with E-state index in [0.717, 1.165) is 29.1 Å². The average molecular weight is 341 g/mol. The highest BCUT2D eigenvalue weighted by Gasteiger charge is 2.28. The predicted octanol–water partition coefficient (Wildman–Crippen LogP) is 2.50. The number of hydrogen-bond acceptors (Lipinski definition) is 6. The van der Waals surface area contributed by atoms with Crippen molar-refractivity contribution < 1.29 is 9.53 Å². The second-order valence-electron chi connectivity index (χ2n) is 6.26. The van der Waals surface area contributed by atoms with Gasteiger partial charge in [-0.2, -0.15) is 4.98 Å². The molecular weight excluding hydrogens is 318 g/mol. The van der Waals surface area contributed by atoms with Crippen LogP contribution in [-0.4, -0.2) is 40.1 Å². The van der Waals surface area contributed by atoms with Crippen LogP contribution in [0.5, 0.6) is 0 Å². The number of anilines is 2. The molecule has 25 heavy (non-hydrogen) atoms. The number of rotatable bonds is 4. The van der Waals surface area contributed by atoms with Gasteiger partial charge in [0, 0.05) is 30.4 Å². The monoisotopic (exact) mass is 341 g/mol. The van der Waals surface area contributed by atoms with Gasteiger partial charge in [0.05, 0.1) is 0 Å². The summed E-state index contributed by atoms with van der Waals surface area (Å²) in [6.07, 6.45) is 0.547. The zero-order valence-electron chi connectivity index (χ0n) is 14.5. The SMILES string of the molecule is Cc1nc(N)nc(NC2CCN(C(=O)OCc3ccccc3)C2)c1C. The summed E-state index contributed by atoms with van der Waals surface area (Å²) in [5.74, 6) is 0.984. The van der Waals surface area contributed by atoms with Crippen molar-refractivity contribution in [1.82, 2.24) is 14.9 Å². The molecule has 1 aliphatic rings. The van der Waals surface area contributed by atoms with Gasteiger partial charge < -0.3 is 20.7 Å². The highest BCUT2D eigenvalue weighted by Crippen LogP contribution is 2.20. The minimum absolute atomic E-state index is 0.122. The van der Waals surface area contributed by atoms with Gasteiger partial charge in [0.15, 0.2) is 0 Å². The highest BCUT2D eigenvalue weighted by molar-refractivity contribution is 5.68. The lowest BCUT2D eigenvalue weighted by atomic mass is 10.2. The minimum atomic E-state index is -0.289. The Labute approximate surface area is 147 Å². The smallest absolute Gasteiger partial charge is 0.410 e. The number of ether oxygens (including phenoxy) is 1. The Morgan fingerprint density at radius 2 is 2.08 bits per heavy atom. The summed E-state index contributed by atoms with van der Waals surface area (Å²) < 4.78 is 5.39. The van der Waals surface area contributed by atoms with Gasteiger partial charge in [-0.05, 0) is 25.8 Å². The third kappa shape index (κ3) is 4.17. The van der Waals surface area contributed by atoms with E-state index < -0.39 is 0 Å². The van der Waals surface area contributed by atoms with Crippen LogP contribution in [0.4, 0.5) is 16.6 Å². The average Bonchev–Trinajstić information content (AvgIpc) is 3.07. The van der Waals surface area contributed by atoms with Gasteiger partial charge in [0.2, 0.25) is 5.95 Å². The van der Waals surface area contributed by atoms with Crippen LogP contribution in [0, 0.1) is 13.8 Å². The van der Waals surface area contributed by atoms with Crippen molar-refractivity contribution >= 4 is 17.9 Å². The van der Waals surface area contributed by atoms with Crippen LogP contribution >= 0.6 is 0 Å². The topological polar surface area (TPSA) is 93.4 Å². The third-order valence-corrected chi connectivity index (χ3v) is 4.40. The van der Waals surface area contributed by atoms with E-state index in [4.69, 9.17) is 10.5 Å². The normalized spacial score (nSPS) is 16.7. The number of nitrogen functional groups attached to an aromatic ring is 1. The molecule has 0 radical (unpaired) electrons. The van der Waals surface area contributed by atoms with Gasteiger partial charge in [0.1, 0.15) is 12.4 Å². The van der Waals surface area contributed by atoms with E-state index >= 15 is 0 Å². The second kappa shape index (κ2) is 7.38. The molecule has 3 rings (SSSR count). The molecule has 1 amide bonds. The van der Waals surface area contributed by atoms with Crippen LogP contribution in [0.3, 0.4) is 0 Å². The lowest BCUT2D eigenvalue weighted by Gasteiger charge is -2.18. The Morgan fingerprint density at radius 3 is 2.84 bits per heavy atom. The minimum Gasteiger partial charge on any atom is -0.445 e. The number of nitrogens with zero attached hydrogens (tertiary/aromatic N) is 3. The van der Waals surface area contributed by atoms with Crippen molar-refractivity contribution in [2.45, 2.75) is 32.9 Å². The van der Waals surface area contributed by atoms with Crippen LogP contribution in [0.1, 0.15) is 23.2 Å². The summed E-state index contributed by atoms with van der Waals surface area (Å²) in [4.78, 5) is 22.3. The molecule has 3 N–H and O–H groups in total. The molecule has 0 aliphatic carbocycles. The van der Waals surface area contributed by atoms with E-state index in [2.05, 4.69) is 15.3 Å². The first kappa shape index (κ1) is 17.0. The summed E-state index contributed by atoms with van der Waals surface area (Å²) in [7, 11) is 0. The van der Waals surface area contributed by atoms with Crippen LogP contribution < -0.4 is 11.1 Å². The molecule has 1 saturated heterocycles. The number of carbonyl (C=O) groups is 1. The van der Waals surface area contributed by atoms with Gasteiger partial charge in [-0.3, -0.25) is 0 Å². The molecule has 2 aromatic rings. The zero-order chi connectivity index (χ0) is 17.8. The van der Waals surface area contributed by atoms with Crippen LogP contribution in [0.15, 0.2) is 30.3 Å². The maximum absolute atomic E-state index is 12.2. The predicted molar refractivity (Wildman–Crippen MR) is 96.1 cm³/mol. The van der Waals surface area contributed by atoms with Gasteiger partial charge >= 0.3 is 6.09 Å². The molecule has 1 fully saturated rings. The lowest BCUT2D eigenvalue weighted by Crippen LogP contribution is -2.32. The summed E-state index contributed by atoms with van der Waals surface area (Å²) in [5.41, 5.74) is 8.53. The fraction of sp³-hybridized carbons (Fsp3) is 0.389. The first-order chi connectivity index (χ1) is 12.0. The number of nitrogens with one attached hydrogen (secondary N) is 1. The molecule has 0 spiro atoms. The number of nitrogens with two attached hydrogens (primary N) is 1. The number of aromatic nitrogens is 2. The first-order valence-electron chi connectivity index (χ1n) is 8.36. The molecule has 0 saturated carbocycles. The fourth-order valence-corrected chi connectivity index (χ4v) is 2.84. The maximum Gasteiger partial charge on any atom is 0.410 e. The largest absolute Gasteiger partial charge is 0.445 e. The summed E-state index contributed by atoms with van der Waals surface area (Å²) >= 11 is 0. The Balaban J connectivity index is 1.54. The fourth-order valence-electron chi connectivity index (χ4n) is 2.84. The number of hydrogen-bond donors (Lipinski definition) is 2.